The maximum Gasteiger partial charge on any atom is 0.146 e. The van der Waals surface area contributed by atoms with Gasteiger partial charge in [0.05, 0.1) is 5.69 Å². The monoisotopic (exact) mass is 280 g/mol. The van der Waals surface area contributed by atoms with Crippen LogP contribution in [0.25, 0.3) is 0 Å². The molecule has 1 atom stereocenters. The van der Waals surface area contributed by atoms with Crippen molar-refractivity contribution in [3.05, 3.63) is 29.6 Å². The van der Waals surface area contributed by atoms with Crippen LogP contribution in [0.15, 0.2) is 18.2 Å². The molecule has 1 saturated heterocycles. The molecular weight excluding hydrogens is 255 g/mol. The highest BCUT2D eigenvalue weighted by Gasteiger charge is 2.17. The van der Waals surface area contributed by atoms with Crippen molar-refractivity contribution in [3.63, 3.8) is 0 Å². The fourth-order valence-corrected chi connectivity index (χ4v) is 2.66. The third-order valence-corrected chi connectivity index (χ3v) is 3.89. The number of nitrogens with one attached hydrogen (secondary N) is 1. The first-order valence-corrected chi connectivity index (χ1v) is 7.49. The maximum atomic E-state index is 14.2. The fourth-order valence-electron chi connectivity index (χ4n) is 2.66. The molecule has 0 bridgehead atoms. The van der Waals surface area contributed by atoms with Gasteiger partial charge >= 0.3 is 0 Å². The van der Waals surface area contributed by atoms with Crippen molar-refractivity contribution in [1.82, 2.24) is 5.32 Å². The first-order chi connectivity index (χ1) is 9.72. The van der Waals surface area contributed by atoms with Crippen molar-refractivity contribution in [2.24, 2.45) is 0 Å². The summed E-state index contributed by atoms with van der Waals surface area (Å²) in [7, 11) is 1.70. The molecule has 112 valence electrons. The Bertz CT molecular complexity index is 419. The highest BCUT2D eigenvalue weighted by atomic mass is 19.1. The molecule has 1 N–H and O–H groups in total. The SMILES string of the molecule is COCCCN[C@H](C)c1ccc(N2CCCC2)c(F)c1. The molecule has 0 amide bonds. The second-order valence-electron chi connectivity index (χ2n) is 5.43. The lowest BCUT2D eigenvalue weighted by Gasteiger charge is -2.20. The van der Waals surface area contributed by atoms with Crippen LogP contribution >= 0.6 is 0 Å². The van der Waals surface area contributed by atoms with Gasteiger partial charge in [-0.05, 0) is 50.4 Å². The lowest BCUT2D eigenvalue weighted by Crippen LogP contribution is -2.22. The topological polar surface area (TPSA) is 24.5 Å². The van der Waals surface area contributed by atoms with Gasteiger partial charge in [-0.1, -0.05) is 6.07 Å². The molecule has 3 nitrogen and oxygen atoms in total. The van der Waals surface area contributed by atoms with Crippen LogP contribution in [0.4, 0.5) is 10.1 Å². The van der Waals surface area contributed by atoms with Crippen molar-refractivity contribution >= 4 is 5.69 Å². The van der Waals surface area contributed by atoms with E-state index < -0.39 is 0 Å². The van der Waals surface area contributed by atoms with Gasteiger partial charge in [-0.2, -0.15) is 0 Å². The summed E-state index contributed by atoms with van der Waals surface area (Å²) >= 11 is 0. The molecule has 1 aromatic rings. The Balaban J connectivity index is 1.93. The summed E-state index contributed by atoms with van der Waals surface area (Å²) < 4.78 is 19.2. The molecule has 0 aromatic heterocycles. The number of rotatable bonds is 7. The molecule has 0 aliphatic carbocycles. The van der Waals surface area contributed by atoms with Crippen molar-refractivity contribution in [2.45, 2.75) is 32.2 Å². The molecule has 1 aliphatic heterocycles. The van der Waals surface area contributed by atoms with Crippen molar-refractivity contribution < 1.29 is 9.13 Å². The zero-order valence-corrected chi connectivity index (χ0v) is 12.5. The maximum absolute atomic E-state index is 14.2. The first kappa shape index (κ1) is 15.3. The number of halogens is 1. The third kappa shape index (κ3) is 3.93. The second-order valence-corrected chi connectivity index (χ2v) is 5.43. The standard InChI is InChI=1S/C16H25FN2O/c1-13(18-8-5-11-20-2)14-6-7-16(15(17)12-14)19-9-3-4-10-19/h6-7,12-13,18H,3-5,8-11H2,1-2H3/t13-/m1/s1. The number of hydrogen-bond donors (Lipinski definition) is 1. The van der Waals surface area contributed by atoms with E-state index in [1.54, 1.807) is 13.2 Å². The van der Waals surface area contributed by atoms with E-state index in [1.807, 2.05) is 12.1 Å². The van der Waals surface area contributed by atoms with E-state index in [4.69, 9.17) is 4.74 Å². The summed E-state index contributed by atoms with van der Waals surface area (Å²) in [5.74, 6) is -0.102. The number of anilines is 1. The molecule has 1 aliphatic rings. The summed E-state index contributed by atoms with van der Waals surface area (Å²) in [4.78, 5) is 2.13. The van der Waals surface area contributed by atoms with E-state index in [9.17, 15) is 4.39 Å². The van der Waals surface area contributed by atoms with Crippen LogP contribution in [0.3, 0.4) is 0 Å². The minimum absolute atomic E-state index is 0.102. The van der Waals surface area contributed by atoms with Gasteiger partial charge in [0.15, 0.2) is 0 Å². The van der Waals surface area contributed by atoms with Crippen LogP contribution in [0.5, 0.6) is 0 Å². The van der Waals surface area contributed by atoms with Gasteiger partial charge in [0.1, 0.15) is 5.82 Å². The zero-order chi connectivity index (χ0) is 14.4. The van der Waals surface area contributed by atoms with E-state index in [0.717, 1.165) is 43.9 Å². The minimum Gasteiger partial charge on any atom is -0.385 e. The van der Waals surface area contributed by atoms with Crippen LogP contribution in [0.1, 0.15) is 37.8 Å². The average Bonchev–Trinajstić information content (AvgIpc) is 2.97. The number of methoxy groups -OCH3 is 1. The highest BCUT2D eigenvalue weighted by molar-refractivity contribution is 5.50. The van der Waals surface area contributed by atoms with Crippen molar-refractivity contribution in [3.8, 4) is 0 Å². The van der Waals surface area contributed by atoms with Crippen molar-refractivity contribution in [2.75, 3.05) is 38.3 Å². The van der Waals surface area contributed by atoms with Crippen LogP contribution in [0, 0.1) is 5.82 Å². The summed E-state index contributed by atoms with van der Waals surface area (Å²) in [5.41, 5.74) is 1.75. The summed E-state index contributed by atoms with van der Waals surface area (Å²) in [6, 6.07) is 5.78. The molecule has 0 unspecified atom stereocenters. The molecule has 20 heavy (non-hydrogen) atoms. The lowest BCUT2D eigenvalue weighted by atomic mass is 10.1. The van der Waals surface area contributed by atoms with E-state index >= 15 is 0 Å². The molecule has 0 radical (unpaired) electrons. The van der Waals surface area contributed by atoms with Gasteiger partial charge in [0.2, 0.25) is 0 Å². The summed E-state index contributed by atoms with van der Waals surface area (Å²) in [5, 5.41) is 3.39. The largest absolute Gasteiger partial charge is 0.385 e. The van der Waals surface area contributed by atoms with Crippen LogP contribution < -0.4 is 10.2 Å². The number of ether oxygens (including phenoxy) is 1. The predicted octanol–water partition coefficient (Wildman–Crippen LogP) is 3.11. The first-order valence-electron chi connectivity index (χ1n) is 7.49. The third-order valence-electron chi connectivity index (χ3n) is 3.89. The van der Waals surface area contributed by atoms with Crippen LogP contribution in [-0.4, -0.2) is 33.4 Å². The molecule has 0 saturated carbocycles. The Morgan fingerprint density at radius 3 is 2.75 bits per heavy atom. The van der Waals surface area contributed by atoms with Gasteiger partial charge in [-0.25, -0.2) is 4.39 Å². The Morgan fingerprint density at radius 1 is 1.35 bits per heavy atom. The number of benzene rings is 1. The Morgan fingerprint density at radius 2 is 2.10 bits per heavy atom. The molecule has 2 rings (SSSR count). The van der Waals surface area contributed by atoms with E-state index in [2.05, 4.69) is 17.1 Å². The summed E-state index contributed by atoms with van der Waals surface area (Å²) in [6.07, 6.45) is 3.30. The molecule has 1 aromatic carbocycles. The molecule has 0 spiro atoms. The normalized spacial score (nSPS) is 16.6. The molecule has 1 heterocycles. The van der Waals surface area contributed by atoms with Gasteiger partial charge < -0.3 is 15.0 Å². The van der Waals surface area contributed by atoms with Gasteiger partial charge in [-0.3, -0.25) is 0 Å². The molecular formula is C16H25FN2O. The number of hydrogen-bond acceptors (Lipinski definition) is 3. The smallest absolute Gasteiger partial charge is 0.146 e. The van der Waals surface area contributed by atoms with Gasteiger partial charge in [0, 0.05) is 32.8 Å². The Labute approximate surface area is 121 Å². The van der Waals surface area contributed by atoms with E-state index in [0.29, 0.717) is 0 Å². The van der Waals surface area contributed by atoms with Crippen LogP contribution in [0.2, 0.25) is 0 Å². The van der Waals surface area contributed by atoms with Crippen molar-refractivity contribution in [1.29, 1.82) is 0 Å². The fraction of sp³-hybridized carbons (Fsp3) is 0.625. The Kier molecular flexibility index (Phi) is 5.80. The minimum atomic E-state index is -0.102. The molecule has 1 fully saturated rings. The zero-order valence-electron chi connectivity index (χ0n) is 12.5. The van der Waals surface area contributed by atoms with E-state index in [1.165, 1.54) is 12.8 Å². The highest BCUT2D eigenvalue weighted by Crippen LogP contribution is 2.26. The lowest BCUT2D eigenvalue weighted by molar-refractivity contribution is 0.193. The second kappa shape index (κ2) is 7.60. The number of nitrogens with zero attached hydrogens (tertiary/aromatic N) is 1. The predicted molar refractivity (Wildman–Crippen MR) is 80.8 cm³/mol. The Hall–Kier alpha value is -1.13. The summed E-state index contributed by atoms with van der Waals surface area (Å²) in [6.45, 7) is 5.64. The van der Waals surface area contributed by atoms with Crippen LogP contribution in [-0.2, 0) is 4.74 Å². The quantitative estimate of drug-likeness (QED) is 0.777. The molecule has 4 heteroatoms. The van der Waals surface area contributed by atoms with Gasteiger partial charge in [0.25, 0.3) is 0 Å². The van der Waals surface area contributed by atoms with Gasteiger partial charge in [-0.15, -0.1) is 0 Å². The average molecular weight is 280 g/mol. The van der Waals surface area contributed by atoms with E-state index in [-0.39, 0.29) is 11.9 Å².